The molecule has 2 amide bonds. The molecule has 0 unspecified atom stereocenters. The molecule has 14 nitrogen and oxygen atoms in total. The lowest BCUT2D eigenvalue weighted by Gasteiger charge is -2.28. The van der Waals surface area contributed by atoms with Gasteiger partial charge in [-0.2, -0.15) is 4.98 Å². The molecule has 2 aromatic carbocycles. The SMILES string of the molecule is C=CC(=O)Nc1cc(Nc2ncc(Cl)c(Nc3cccc4c3N(S(C)(=O)=O)CC4)n2)c(OC)cc1N(C)CCN(C)C(=O)OC(C)(C)C. The highest BCUT2D eigenvalue weighted by atomic mass is 35.5. The third kappa shape index (κ3) is 8.77. The maximum atomic E-state index is 12.5. The fourth-order valence-corrected chi connectivity index (χ4v) is 6.01. The van der Waals surface area contributed by atoms with Gasteiger partial charge in [-0.25, -0.2) is 18.2 Å². The van der Waals surface area contributed by atoms with E-state index >= 15 is 0 Å². The molecule has 0 spiro atoms. The highest BCUT2D eigenvalue weighted by Crippen LogP contribution is 2.40. The molecule has 16 heteroatoms. The summed E-state index contributed by atoms with van der Waals surface area (Å²) in [5.74, 6) is 0.368. The lowest BCUT2D eigenvalue weighted by molar-refractivity contribution is -0.111. The van der Waals surface area contributed by atoms with Gasteiger partial charge in [0, 0.05) is 39.8 Å². The maximum Gasteiger partial charge on any atom is 0.410 e. The molecule has 48 heavy (non-hydrogen) atoms. The summed E-state index contributed by atoms with van der Waals surface area (Å²) in [5, 5.41) is 9.33. The van der Waals surface area contributed by atoms with Gasteiger partial charge in [-0.3, -0.25) is 9.10 Å². The number of carbonyl (C=O) groups is 2. The quantitative estimate of drug-likeness (QED) is 0.209. The number of likely N-dealkylation sites (N-methyl/N-ethyl adjacent to an activating group) is 2. The molecule has 2 heterocycles. The molecule has 0 radical (unpaired) electrons. The summed E-state index contributed by atoms with van der Waals surface area (Å²) < 4.78 is 37.4. The Labute approximate surface area is 286 Å². The molecule has 258 valence electrons. The Bertz CT molecular complexity index is 1810. The summed E-state index contributed by atoms with van der Waals surface area (Å²) in [6, 6.07) is 8.88. The number of ether oxygens (including phenoxy) is 2. The van der Waals surface area contributed by atoms with E-state index in [9.17, 15) is 18.0 Å². The van der Waals surface area contributed by atoms with Crippen LogP contribution in [0.2, 0.25) is 5.02 Å². The van der Waals surface area contributed by atoms with E-state index in [1.165, 1.54) is 28.8 Å². The second kappa shape index (κ2) is 14.6. The number of para-hydroxylation sites is 1. The summed E-state index contributed by atoms with van der Waals surface area (Å²) in [6.45, 7) is 10.0. The first kappa shape index (κ1) is 36.1. The van der Waals surface area contributed by atoms with Crippen molar-refractivity contribution in [2.24, 2.45) is 0 Å². The zero-order valence-corrected chi connectivity index (χ0v) is 29.6. The van der Waals surface area contributed by atoms with Gasteiger partial charge in [0.1, 0.15) is 16.4 Å². The number of nitrogens with one attached hydrogen (secondary N) is 3. The Hall–Kier alpha value is -4.76. The number of halogens is 1. The monoisotopic (exact) mass is 700 g/mol. The van der Waals surface area contributed by atoms with Crippen molar-refractivity contribution >= 4 is 73.8 Å². The Morgan fingerprint density at radius 1 is 1.12 bits per heavy atom. The molecule has 0 fully saturated rings. The largest absolute Gasteiger partial charge is 0.494 e. The van der Waals surface area contributed by atoms with Gasteiger partial charge in [-0.05, 0) is 51.0 Å². The van der Waals surface area contributed by atoms with Crippen molar-refractivity contribution in [3.05, 3.63) is 59.8 Å². The molecule has 1 aliphatic rings. The number of anilines is 7. The third-order valence-corrected chi connectivity index (χ3v) is 8.69. The Kier molecular flexibility index (Phi) is 10.9. The topological polar surface area (TPSA) is 158 Å². The van der Waals surface area contributed by atoms with Gasteiger partial charge in [0.15, 0.2) is 5.82 Å². The van der Waals surface area contributed by atoms with E-state index in [4.69, 9.17) is 21.1 Å². The summed E-state index contributed by atoms with van der Waals surface area (Å²) in [4.78, 5) is 37.1. The second-order valence-corrected chi connectivity index (χ2v) is 14.4. The summed E-state index contributed by atoms with van der Waals surface area (Å²) in [5.41, 5.74) is 2.80. The first-order valence-electron chi connectivity index (χ1n) is 15.0. The van der Waals surface area contributed by atoms with E-state index in [0.717, 1.165) is 11.6 Å². The Morgan fingerprint density at radius 3 is 2.50 bits per heavy atom. The van der Waals surface area contributed by atoms with Crippen LogP contribution in [0.25, 0.3) is 0 Å². The van der Waals surface area contributed by atoms with Crippen molar-refractivity contribution in [2.75, 3.05) is 72.3 Å². The first-order chi connectivity index (χ1) is 22.5. The molecule has 0 saturated heterocycles. The summed E-state index contributed by atoms with van der Waals surface area (Å²) in [7, 11) is 1.47. The van der Waals surface area contributed by atoms with Crippen LogP contribution < -0.4 is 29.9 Å². The van der Waals surface area contributed by atoms with Gasteiger partial charge in [-0.15, -0.1) is 0 Å². The number of aromatic nitrogens is 2. The van der Waals surface area contributed by atoms with Crippen LogP contribution in [0.15, 0.2) is 49.2 Å². The molecule has 3 aromatic rings. The van der Waals surface area contributed by atoms with Crippen molar-refractivity contribution in [1.29, 1.82) is 0 Å². The molecule has 0 atom stereocenters. The van der Waals surface area contributed by atoms with Crippen LogP contribution in [0.1, 0.15) is 26.3 Å². The van der Waals surface area contributed by atoms with Gasteiger partial charge < -0.3 is 35.2 Å². The van der Waals surface area contributed by atoms with Crippen LogP contribution in [0.4, 0.5) is 45.0 Å². The number of amides is 2. The number of sulfonamides is 1. The van der Waals surface area contributed by atoms with Gasteiger partial charge in [0.05, 0.1) is 48.0 Å². The number of hydrogen-bond donors (Lipinski definition) is 3. The van der Waals surface area contributed by atoms with Crippen molar-refractivity contribution in [3.8, 4) is 5.75 Å². The smallest absolute Gasteiger partial charge is 0.410 e. The maximum absolute atomic E-state index is 12.5. The zero-order valence-electron chi connectivity index (χ0n) is 28.0. The Balaban J connectivity index is 1.62. The van der Waals surface area contributed by atoms with Crippen LogP contribution >= 0.6 is 11.6 Å². The molecule has 1 aliphatic heterocycles. The van der Waals surface area contributed by atoms with Crippen molar-refractivity contribution < 1.29 is 27.5 Å². The number of benzene rings is 2. The lowest BCUT2D eigenvalue weighted by Crippen LogP contribution is -2.38. The van der Waals surface area contributed by atoms with E-state index in [2.05, 4.69) is 32.5 Å². The third-order valence-electron chi connectivity index (χ3n) is 7.25. The molecule has 1 aromatic heterocycles. The molecular weight excluding hydrogens is 660 g/mol. The number of methoxy groups -OCH3 is 1. The summed E-state index contributed by atoms with van der Waals surface area (Å²) >= 11 is 6.48. The number of hydrogen-bond acceptors (Lipinski definition) is 11. The predicted octanol–water partition coefficient (Wildman–Crippen LogP) is 5.38. The number of nitrogens with zero attached hydrogens (tertiary/aromatic N) is 5. The van der Waals surface area contributed by atoms with Gasteiger partial charge >= 0.3 is 6.09 Å². The fourth-order valence-electron chi connectivity index (χ4n) is 4.90. The minimum atomic E-state index is -3.50. The van der Waals surface area contributed by atoms with Crippen molar-refractivity contribution in [1.82, 2.24) is 14.9 Å². The van der Waals surface area contributed by atoms with Crippen LogP contribution in [-0.4, -0.2) is 88.0 Å². The fraction of sp³-hybridized carbons (Fsp3) is 0.375. The average Bonchev–Trinajstić information content (AvgIpc) is 3.47. The molecule has 4 rings (SSSR count). The molecule has 0 bridgehead atoms. The lowest BCUT2D eigenvalue weighted by atomic mass is 10.1. The normalized spacial score (nSPS) is 12.5. The van der Waals surface area contributed by atoms with Crippen LogP contribution in [0.5, 0.6) is 5.75 Å². The number of rotatable bonds is 12. The van der Waals surface area contributed by atoms with E-state index in [1.54, 1.807) is 46.0 Å². The van der Waals surface area contributed by atoms with Gasteiger partial charge in [-0.1, -0.05) is 30.3 Å². The van der Waals surface area contributed by atoms with E-state index in [-0.39, 0.29) is 16.8 Å². The Morgan fingerprint density at radius 2 is 1.85 bits per heavy atom. The first-order valence-corrected chi connectivity index (χ1v) is 17.2. The predicted molar refractivity (Wildman–Crippen MR) is 190 cm³/mol. The van der Waals surface area contributed by atoms with Crippen LogP contribution in [0.3, 0.4) is 0 Å². The minimum absolute atomic E-state index is 0.147. The van der Waals surface area contributed by atoms with Gasteiger partial charge in [0.2, 0.25) is 21.9 Å². The number of carbonyl (C=O) groups excluding carboxylic acids is 2. The van der Waals surface area contributed by atoms with Crippen LogP contribution in [-0.2, 0) is 26.0 Å². The minimum Gasteiger partial charge on any atom is -0.494 e. The molecule has 0 aliphatic carbocycles. The average molecular weight is 701 g/mol. The standard InChI is InChI=1S/C32H41ClN8O6S/c1-9-27(42)35-23-17-24(26(46-7)18-25(23)39(5)15-16-40(6)31(43)47-32(2,3)4)37-30-34-19-21(33)29(38-30)36-22-12-10-11-20-13-14-41(28(20)22)48(8,44)45/h9-12,17-19H,1,13-16H2,2-8H3,(H,35,42)(H2,34,36,37,38). The highest BCUT2D eigenvalue weighted by Gasteiger charge is 2.29. The van der Waals surface area contributed by atoms with E-state index in [1.807, 2.05) is 24.1 Å². The van der Waals surface area contributed by atoms with E-state index in [0.29, 0.717) is 60.2 Å². The molecular formula is C32H41ClN8O6S. The summed E-state index contributed by atoms with van der Waals surface area (Å²) in [6.07, 6.45) is 3.87. The van der Waals surface area contributed by atoms with Crippen molar-refractivity contribution in [2.45, 2.75) is 32.8 Å². The number of fused-ring (bicyclic) bond motifs is 1. The van der Waals surface area contributed by atoms with Gasteiger partial charge in [0.25, 0.3) is 0 Å². The zero-order chi connectivity index (χ0) is 35.4. The second-order valence-electron chi connectivity index (χ2n) is 12.1. The highest BCUT2D eigenvalue weighted by molar-refractivity contribution is 7.92. The van der Waals surface area contributed by atoms with Crippen molar-refractivity contribution in [3.63, 3.8) is 0 Å². The van der Waals surface area contributed by atoms with Crippen LogP contribution in [0, 0.1) is 0 Å². The molecule has 0 saturated carbocycles. The molecule has 3 N–H and O–H groups in total. The van der Waals surface area contributed by atoms with E-state index < -0.39 is 27.6 Å².